The van der Waals surface area contributed by atoms with E-state index in [4.69, 9.17) is 0 Å². The fraction of sp³-hybridized carbons (Fsp3) is 0.222. The van der Waals surface area contributed by atoms with Crippen molar-refractivity contribution < 1.29 is 21.4 Å². The van der Waals surface area contributed by atoms with Gasteiger partial charge in [0.1, 0.15) is 0 Å². The molecule has 0 aliphatic rings. The normalized spacial score (nSPS) is 11.7. The van der Waals surface area contributed by atoms with Crippen LogP contribution in [0.2, 0.25) is 0 Å². The van der Waals surface area contributed by atoms with Crippen molar-refractivity contribution in [2.24, 2.45) is 0 Å². The lowest BCUT2D eigenvalue weighted by Gasteiger charge is -2.12. The number of aromatic nitrogens is 4. The topological polar surface area (TPSA) is 188 Å². The molecule has 0 fully saturated rings. The molecule has 0 radical (unpaired) electrons. The van der Waals surface area contributed by atoms with Crippen LogP contribution in [0, 0.1) is 0 Å². The Kier molecular flexibility index (Phi) is 7.70. The minimum Gasteiger partial charge on any atom is -0.353 e. The van der Waals surface area contributed by atoms with Crippen LogP contribution in [-0.2, 0) is 26.7 Å². The summed E-state index contributed by atoms with van der Waals surface area (Å²) in [6, 6.07) is 10.9. The van der Waals surface area contributed by atoms with Crippen LogP contribution in [0.4, 0.5) is 23.5 Å². The van der Waals surface area contributed by atoms with E-state index in [0.29, 0.717) is 12.2 Å². The van der Waals surface area contributed by atoms with Crippen molar-refractivity contribution in [3.63, 3.8) is 0 Å². The number of pyridine rings is 1. The molecule has 0 bridgehead atoms. The van der Waals surface area contributed by atoms with Gasteiger partial charge in [0.15, 0.2) is 0 Å². The second kappa shape index (κ2) is 10.5. The molecule has 176 valence electrons. The maximum Gasteiger partial charge on any atom is 0.294 e. The van der Waals surface area contributed by atoms with Crippen molar-refractivity contribution in [1.29, 1.82) is 0 Å². The SMILES string of the molecule is CS(=O)(=O)NCCNc1nc(NCc2ccccn2)nc(Nc2cccc(S(=O)(=O)O)c2)n1. The van der Waals surface area contributed by atoms with Gasteiger partial charge in [-0.1, -0.05) is 12.1 Å². The van der Waals surface area contributed by atoms with Crippen molar-refractivity contribution >= 4 is 43.7 Å². The predicted molar refractivity (Wildman–Crippen MR) is 122 cm³/mol. The lowest BCUT2D eigenvalue weighted by Crippen LogP contribution is -2.28. The van der Waals surface area contributed by atoms with Gasteiger partial charge in [-0.15, -0.1) is 0 Å². The van der Waals surface area contributed by atoms with Crippen LogP contribution in [-0.4, -0.2) is 60.7 Å². The summed E-state index contributed by atoms with van der Waals surface area (Å²) in [6.45, 7) is 0.645. The Balaban J connectivity index is 1.80. The maximum absolute atomic E-state index is 11.4. The number of hydrogen-bond donors (Lipinski definition) is 5. The molecule has 3 aromatic rings. The van der Waals surface area contributed by atoms with Crippen molar-refractivity contribution in [3.8, 4) is 0 Å². The van der Waals surface area contributed by atoms with Gasteiger partial charge >= 0.3 is 0 Å². The van der Waals surface area contributed by atoms with E-state index in [-0.39, 0.29) is 35.8 Å². The molecule has 2 heterocycles. The molecule has 13 nitrogen and oxygen atoms in total. The third-order valence-corrected chi connectivity index (χ3v) is 5.53. The first kappa shape index (κ1) is 24.2. The van der Waals surface area contributed by atoms with Gasteiger partial charge in [0.05, 0.1) is 23.4 Å². The average molecular weight is 495 g/mol. The molecule has 3 rings (SSSR count). The number of anilines is 4. The summed E-state index contributed by atoms with van der Waals surface area (Å²) in [5, 5.41) is 8.79. The Hall–Kier alpha value is -3.40. The fourth-order valence-electron chi connectivity index (χ4n) is 2.54. The first-order valence-electron chi connectivity index (χ1n) is 9.51. The highest BCUT2D eigenvalue weighted by molar-refractivity contribution is 7.88. The molecule has 1 aromatic carbocycles. The van der Waals surface area contributed by atoms with Gasteiger partial charge in [-0.25, -0.2) is 13.1 Å². The Bertz CT molecular complexity index is 1300. The number of nitrogens with zero attached hydrogens (tertiary/aromatic N) is 4. The zero-order valence-corrected chi connectivity index (χ0v) is 19.1. The number of nitrogens with one attached hydrogen (secondary N) is 4. The minimum atomic E-state index is -4.38. The van der Waals surface area contributed by atoms with E-state index in [1.54, 1.807) is 18.3 Å². The number of rotatable bonds is 11. The smallest absolute Gasteiger partial charge is 0.294 e. The molecular weight excluding hydrogens is 472 g/mol. The zero-order chi connectivity index (χ0) is 23.9. The van der Waals surface area contributed by atoms with Gasteiger partial charge < -0.3 is 16.0 Å². The molecule has 15 heteroatoms. The quantitative estimate of drug-likeness (QED) is 0.187. The third kappa shape index (κ3) is 8.23. The Morgan fingerprint density at radius 1 is 0.879 bits per heavy atom. The van der Waals surface area contributed by atoms with Crippen molar-refractivity contribution in [1.82, 2.24) is 24.7 Å². The molecule has 0 amide bonds. The van der Waals surface area contributed by atoms with E-state index in [9.17, 15) is 21.4 Å². The minimum absolute atomic E-state index is 0.0829. The molecular formula is C18H22N8O5S2. The first-order chi connectivity index (χ1) is 15.6. The Morgan fingerprint density at radius 3 is 2.27 bits per heavy atom. The second-order valence-electron chi connectivity index (χ2n) is 6.70. The molecule has 2 aromatic heterocycles. The van der Waals surface area contributed by atoms with Gasteiger partial charge in [0.2, 0.25) is 27.9 Å². The molecule has 0 aliphatic heterocycles. The van der Waals surface area contributed by atoms with Crippen LogP contribution in [0.1, 0.15) is 5.69 Å². The highest BCUT2D eigenvalue weighted by Crippen LogP contribution is 2.19. The second-order valence-corrected chi connectivity index (χ2v) is 9.96. The Labute approximate surface area is 190 Å². The summed E-state index contributed by atoms with van der Waals surface area (Å²) in [4.78, 5) is 16.7. The lowest BCUT2D eigenvalue weighted by atomic mass is 10.3. The van der Waals surface area contributed by atoms with Crippen LogP contribution in [0.25, 0.3) is 0 Å². The third-order valence-electron chi connectivity index (χ3n) is 3.95. The molecule has 33 heavy (non-hydrogen) atoms. The summed E-state index contributed by atoms with van der Waals surface area (Å²) >= 11 is 0. The van der Waals surface area contributed by atoms with Crippen molar-refractivity contribution in [3.05, 3.63) is 54.4 Å². The van der Waals surface area contributed by atoms with Crippen molar-refractivity contribution in [2.45, 2.75) is 11.4 Å². The van der Waals surface area contributed by atoms with Gasteiger partial charge in [0.25, 0.3) is 10.1 Å². The van der Waals surface area contributed by atoms with Crippen LogP contribution < -0.4 is 20.7 Å². The van der Waals surface area contributed by atoms with Crippen molar-refractivity contribution in [2.75, 3.05) is 35.3 Å². The molecule has 0 unspecified atom stereocenters. The fourth-order valence-corrected chi connectivity index (χ4v) is 3.54. The average Bonchev–Trinajstić information content (AvgIpc) is 2.75. The highest BCUT2D eigenvalue weighted by Gasteiger charge is 2.12. The predicted octanol–water partition coefficient (Wildman–Crippen LogP) is 0.830. The van der Waals surface area contributed by atoms with Crippen LogP contribution >= 0.6 is 0 Å². The van der Waals surface area contributed by atoms with E-state index in [2.05, 4.69) is 40.6 Å². The summed E-state index contributed by atoms with van der Waals surface area (Å²) in [6.07, 6.45) is 2.71. The van der Waals surface area contributed by atoms with E-state index >= 15 is 0 Å². The molecule has 0 saturated carbocycles. The van der Waals surface area contributed by atoms with Crippen LogP contribution in [0.3, 0.4) is 0 Å². The van der Waals surface area contributed by atoms with Gasteiger partial charge in [-0.2, -0.15) is 23.4 Å². The summed E-state index contributed by atoms with van der Waals surface area (Å²) in [5.41, 5.74) is 1.07. The summed E-state index contributed by atoms with van der Waals surface area (Å²) in [5.74, 6) is 0.430. The Morgan fingerprint density at radius 2 is 1.61 bits per heavy atom. The lowest BCUT2D eigenvalue weighted by molar-refractivity contribution is 0.483. The molecule has 0 atom stereocenters. The van der Waals surface area contributed by atoms with Crippen LogP contribution in [0.5, 0.6) is 0 Å². The highest BCUT2D eigenvalue weighted by atomic mass is 32.2. The number of hydrogen-bond acceptors (Lipinski definition) is 11. The monoisotopic (exact) mass is 494 g/mol. The molecule has 0 spiro atoms. The number of sulfonamides is 1. The molecule has 0 aliphatic carbocycles. The molecule has 0 saturated heterocycles. The summed E-state index contributed by atoms with van der Waals surface area (Å²) in [7, 11) is -7.72. The van der Waals surface area contributed by atoms with E-state index < -0.39 is 20.1 Å². The van der Waals surface area contributed by atoms with E-state index in [0.717, 1.165) is 11.9 Å². The number of benzene rings is 1. The van der Waals surface area contributed by atoms with Gasteiger partial charge in [-0.05, 0) is 30.3 Å². The van der Waals surface area contributed by atoms with Crippen LogP contribution in [0.15, 0.2) is 53.6 Å². The standard InChI is InChI=1S/C18H22N8O5S2/c1-32(27,28)22-10-9-20-16-24-17(21-12-14-5-2-3-8-19-14)26-18(25-16)23-13-6-4-7-15(11-13)33(29,30)31/h2-8,11,22H,9-10,12H2,1H3,(H,29,30,31)(H3,20,21,23,24,25,26). The largest absolute Gasteiger partial charge is 0.353 e. The zero-order valence-electron chi connectivity index (χ0n) is 17.4. The van der Waals surface area contributed by atoms with E-state index in [1.165, 1.54) is 18.2 Å². The van der Waals surface area contributed by atoms with E-state index in [1.807, 2.05) is 12.1 Å². The molecule has 5 N–H and O–H groups in total. The maximum atomic E-state index is 11.4. The van der Waals surface area contributed by atoms with Gasteiger partial charge in [0, 0.05) is 25.0 Å². The first-order valence-corrected chi connectivity index (χ1v) is 12.8. The summed E-state index contributed by atoms with van der Waals surface area (Å²) < 4.78 is 56.8. The van der Waals surface area contributed by atoms with Gasteiger partial charge in [-0.3, -0.25) is 9.54 Å².